The molecule has 0 saturated carbocycles. The lowest BCUT2D eigenvalue weighted by molar-refractivity contribution is 0.0697. The van der Waals surface area contributed by atoms with Crippen molar-refractivity contribution in [2.24, 2.45) is 0 Å². The summed E-state index contributed by atoms with van der Waals surface area (Å²) in [5, 5.41) is 23.9. The fourth-order valence-corrected chi connectivity index (χ4v) is 2.33. The molecule has 0 aliphatic carbocycles. The first-order valence-corrected chi connectivity index (χ1v) is 7.59. The number of nitrogens with one attached hydrogen (secondary N) is 1. The van der Waals surface area contributed by atoms with Gasteiger partial charge in [0.15, 0.2) is 11.4 Å². The molecule has 8 heteroatoms. The zero-order chi connectivity index (χ0) is 18.0. The minimum atomic E-state index is -1.18. The van der Waals surface area contributed by atoms with Crippen molar-refractivity contribution in [2.45, 2.75) is 20.8 Å². The van der Waals surface area contributed by atoms with Gasteiger partial charge in [-0.3, -0.25) is 4.79 Å². The molecule has 24 heavy (non-hydrogen) atoms. The molecule has 0 aliphatic heterocycles. The topological polar surface area (TPSA) is 108 Å². The summed E-state index contributed by atoms with van der Waals surface area (Å²) in [7, 11) is 0. The summed E-state index contributed by atoms with van der Waals surface area (Å²) < 4.78 is 1.03. The highest BCUT2D eigenvalue weighted by molar-refractivity contribution is 6.32. The van der Waals surface area contributed by atoms with E-state index in [0.29, 0.717) is 15.9 Å². The lowest BCUT2D eigenvalue weighted by Crippen LogP contribution is -2.15. The highest BCUT2D eigenvalue weighted by Crippen LogP contribution is 2.30. The predicted molar refractivity (Wildman–Crippen MR) is 91.4 cm³/mol. The van der Waals surface area contributed by atoms with Crippen LogP contribution in [0.15, 0.2) is 29.3 Å². The fourth-order valence-electron chi connectivity index (χ4n) is 2.17. The van der Waals surface area contributed by atoms with Crippen LogP contribution in [0.2, 0.25) is 5.02 Å². The van der Waals surface area contributed by atoms with Crippen molar-refractivity contribution < 1.29 is 15.0 Å². The maximum Gasteiger partial charge on any atom is 0.338 e. The third-order valence-electron chi connectivity index (χ3n) is 3.30. The lowest BCUT2D eigenvalue weighted by Gasteiger charge is -2.09. The molecule has 0 bridgehead atoms. The summed E-state index contributed by atoms with van der Waals surface area (Å²) in [6.45, 7) is 5.77. The Labute approximate surface area is 142 Å². The van der Waals surface area contributed by atoms with Gasteiger partial charge in [-0.15, -0.1) is 0 Å². The molecule has 7 nitrogen and oxygen atoms in total. The highest BCUT2D eigenvalue weighted by Gasteiger charge is 2.17. The summed E-state index contributed by atoms with van der Waals surface area (Å²) in [5.74, 6) is -1.47. The molecule has 0 spiro atoms. The van der Waals surface area contributed by atoms with Gasteiger partial charge in [-0.25, -0.2) is 9.48 Å². The van der Waals surface area contributed by atoms with Crippen LogP contribution in [0.4, 0.5) is 0 Å². The normalized spacial score (nSPS) is 10.3. The molecule has 1 aromatic carbocycles. The number of fused-ring (bicyclic) bond motifs is 1. The number of carboxylic acid groups (broad SMARTS) is 1. The summed E-state index contributed by atoms with van der Waals surface area (Å²) in [6, 6.07) is 3.18. The van der Waals surface area contributed by atoms with Crippen LogP contribution in [0.1, 0.15) is 29.8 Å². The molecular weight excluding hydrogens is 334 g/mol. The molecule has 0 fully saturated rings. The van der Waals surface area contributed by atoms with E-state index in [-0.39, 0.29) is 17.0 Å². The molecule has 0 saturated heterocycles. The second-order valence-corrected chi connectivity index (χ2v) is 5.18. The van der Waals surface area contributed by atoms with Crippen molar-refractivity contribution in [3.05, 3.63) is 51.0 Å². The van der Waals surface area contributed by atoms with Gasteiger partial charge in [0.2, 0.25) is 0 Å². The molecule has 3 N–H and O–H groups in total. The number of pyridine rings is 1. The molecule has 0 radical (unpaired) electrons. The number of hydrogen-bond donors (Lipinski definition) is 3. The molecular formula is C16H16ClN3O4. The quantitative estimate of drug-likeness (QED) is 0.658. The van der Waals surface area contributed by atoms with E-state index in [1.165, 1.54) is 0 Å². The number of aromatic carboxylic acids is 1. The molecule has 0 unspecified atom stereocenters. The number of aromatic nitrogens is 3. The number of aromatic amines is 1. The predicted octanol–water partition coefficient (Wildman–Crippen LogP) is 3.11. The molecule has 126 valence electrons. The summed E-state index contributed by atoms with van der Waals surface area (Å²) in [4.78, 5) is 25.7. The first-order chi connectivity index (χ1) is 11.4. The van der Waals surface area contributed by atoms with E-state index < -0.39 is 11.5 Å². The lowest BCUT2D eigenvalue weighted by atomic mass is 10.1. The van der Waals surface area contributed by atoms with Crippen LogP contribution in [-0.2, 0) is 0 Å². The fraction of sp³-hybridized carbons (Fsp3) is 0.188. The van der Waals surface area contributed by atoms with Gasteiger partial charge in [-0.2, -0.15) is 5.10 Å². The number of rotatable bonds is 2. The van der Waals surface area contributed by atoms with Crippen LogP contribution in [0.3, 0.4) is 0 Å². The van der Waals surface area contributed by atoms with Gasteiger partial charge in [0.25, 0.3) is 5.56 Å². The summed E-state index contributed by atoms with van der Waals surface area (Å²) >= 11 is 6.00. The van der Waals surface area contributed by atoms with Crippen molar-refractivity contribution >= 4 is 28.5 Å². The Balaban J connectivity index is 0.00000100. The van der Waals surface area contributed by atoms with Crippen LogP contribution >= 0.6 is 11.6 Å². The number of aromatic hydroxyl groups is 1. The third-order valence-corrected chi connectivity index (χ3v) is 3.71. The minimum absolute atomic E-state index is 0.0915. The minimum Gasteiger partial charge on any atom is -0.505 e. The van der Waals surface area contributed by atoms with Gasteiger partial charge < -0.3 is 15.2 Å². The van der Waals surface area contributed by atoms with Crippen LogP contribution in [0.25, 0.3) is 16.6 Å². The number of nitrogens with zero attached hydrogens (tertiary/aromatic N) is 2. The number of aryl methyl sites for hydroxylation is 1. The standard InChI is InChI=1S/C14H10ClN3O4.C2H6/c1-6-2-8-10(3-9(6)15)17-13(20)11(12(8)19)18-5-7(4-16-18)14(21)22;1-2/h2-5H,1H3,(H,21,22)(H2,17,19,20);1-2H3. The average molecular weight is 350 g/mol. The highest BCUT2D eigenvalue weighted by atomic mass is 35.5. The van der Waals surface area contributed by atoms with Crippen molar-refractivity contribution in [2.75, 3.05) is 0 Å². The number of hydrogen-bond acceptors (Lipinski definition) is 4. The second-order valence-electron chi connectivity index (χ2n) is 4.78. The van der Waals surface area contributed by atoms with E-state index in [2.05, 4.69) is 10.1 Å². The molecule has 0 amide bonds. The van der Waals surface area contributed by atoms with Gasteiger partial charge in [0, 0.05) is 16.6 Å². The molecule has 2 aromatic heterocycles. The van der Waals surface area contributed by atoms with Crippen LogP contribution in [-0.4, -0.2) is 30.9 Å². The average Bonchev–Trinajstić information content (AvgIpc) is 3.01. The summed E-state index contributed by atoms with van der Waals surface area (Å²) in [6.07, 6.45) is 2.25. The van der Waals surface area contributed by atoms with Crippen molar-refractivity contribution in [1.82, 2.24) is 14.8 Å². The molecule has 2 heterocycles. The van der Waals surface area contributed by atoms with E-state index in [9.17, 15) is 14.7 Å². The van der Waals surface area contributed by atoms with Crippen LogP contribution in [0, 0.1) is 6.92 Å². The monoisotopic (exact) mass is 349 g/mol. The molecule has 0 atom stereocenters. The first kappa shape index (κ1) is 17.6. The Hall–Kier alpha value is -2.80. The Kier molecular flexibility index (Phi) is 4.94. The van der Waals surface area contributed by atoms with E-state index >= 15 is 0 Å². The molecule has 3 rings (SSSR count). The summed E-state index contributed by atoms with van der Waals surface area (Å²) in [5.41, 5.74) is 0.263. The number of carbonyl (C=O) groups is 1. The van der Waals surface area contributed by atoms with Gasteiger partial charge in [0.05, 0.1) is 17.3 Å². The van der Waals surface area contributed by atoms with E-state index in [0.717, 1.165) is 22.6 Å². The van der Waals surface area contributed by atoms with E-state index in [1.54, 1.807) is 19.1 Å². The van der Waals surface area contributed by atoms with Gasteiger partial charge in [0.1, 0.15) is 0 Å². The Morgan fingerprint density at radius 2 is 2.00 bits per heavy atom. The van der Waals surface area contributed by atoms with Crippen molar-refractivity contribution in [1.29, 1.82) is 0 Å². The van der Waals surface area contributed by atoms with Crippen molar-refractivity contribution in [3.63, 3.8) is 0 Å². The molecule has 0 aliphatic rings. The Morgan fingerprint density at radius 1 is 1.33 bits per heavy atom. The third kappa shape index (κ3) is 2.98. The smallest absolute Gasteiger partial charge is 0.338 e. The number of benzene rings is 1. The van der Waals surface area contributed by atoms with Crippen molar-refractivity contribution in [3.8, 4) is 11.4 Å². The van der Waals surface area contributed by atoms with Crippen LogP contribution < -0.4 is 5.56 Å². The van der Waals surface area contributed by atoms with E-state index in [1.807, 2.05) is 13.8 Å². The maximum absolute atomic E-state index is 12.2. The van der Waals surface area contributed by atoms with Gasteiger partial charge in [-0.05, 0) is 24.6 Å². The Bertz CT molecular complexity index is 975. The van der Waals surface area contributed by atoms with Crippen LogP contribution in [0.5, 0.6) is 5.75 Å². The number of carboxylic acids is 1. The Morgan fingerprint density at radius 3 is 2.58 bits per heavy atom. The largest absolute Gasteiger partial charge is 0.505 e. The molecule has 3 aromatic rings. The zero-order valence-corrected chi connectivity index (χ0v) is 14.0. The SMILES string of the molecule is CC.Cc1cc2c(O)c(-n3cc(C(=O)O)cn3)c(=O)[nH]c2cc1Cl. The van der Waals surface area contributed by atoms with Gasteiger partial charge >= 0.3 is 5.97 Å². The zero-order valence-electron chi connectivity index (χ0n) is 13.3. The number of halogens is 1. The maximum atomic E-state index is 12.2. The number of H-pyrrole nitrogens is 1. The van der Waals surface area contributed by atoms with E-state index in [4.69, 9.17) is 16.7 Å². The first-order valence-electron chi connectivity index (χ1n) is 7.22. The van der Waals surface area contributed by atoms with Gasteiger partial charge in [-0.1, -0.05) is 25.4 Å². The second kappa shape index (κ2) is 6.76.